The van der Waals surface area contributed by atoms with Crippen LogP contribution in [-0.4, -0.2) is 27.3 Å². The van der Waals surface area contributed by atoms with E-state index in [0.29, 0.717) is 11.3 Å². The number of nitrogens with one attached hydrogen (secondary N) is 2. The Balaban J connectivity index is 1.67. The van der Waals surface area contributed by atoms with Gasteiger partial charge in [0, 0.05) is 12.6 Å². The zero-order chi connectivity index (χ0) is 22.4. The highest BCUT2D eigenvalue weighted by Gasteiger charge is 2.22. The molecular formula is C22H20FN3O4S. The Morgan fingerprint density at radius 3 is 2.26 bits per heavy atom. The SMILES string of the molecule is CN(c1ccccc1)S(=O)(=O)c1cccc(C(=O)NNC(=O)Cc2ccc(F)cc2)c1. The van der Waals surface area contributed by atoms with Gasteiger partial charge in [-0.1, -0.05) is 36.4 Å². The standard InChI is InChI=1S/C22H20FN3O4S/c1-26(19-7-3-2-4-8-19)31(29,30)20-9-5-6-17(15-20)22(28)25-24-21(27)14-16-10-12-18(23)13-11-16/h2-13,15H,14H2,1H3,(H,24,27)(H,25,28). The smallest absolute Gasteiger partial charge is 0.269 e. The zero-order valence-corrected chi connectivity index (χ0v) is 17.4. The Labute approximate surface area is 179 Å². The predicted molar refractivity (Wildman–Crippen MR) is 114 cm³/mol. The van der Waals surface area contributed by atoms with Crippen molar-refractivity contribution in [3.8, 4) is 0 Å². The van der Waals surface area contributed by atoms with Crippen molar-refractivity contribution in [3.05, 3.63) is 95.8 Å². The molecule has 0 fully saturated rings. The Morgan fingerprint density at radius 2 is 1.58 bits per heavy atom. The largest absolute Gasteiger partial charge is 0.273 e. The van der Waals surface area contributed by atoms with Gasteiger partial charge in [-0.25, -0.2) is 12.8 Å². The van der Waals surface area contributed by atoms with Gasteiger partial charge in [-0.05, 0) is 48.0 Å². The zero-order valence-electron chi connectivity index (χ0n) is 16.6. The molecule has 0 spiro atoms. The summed E-state index contributed by atoms with van der Waals surface area (Å²) in [5.41, 5.74) is 5.62. The highest BCUT2D eigenvalue weighted by atomic mass is 32.2. The summed E-state index contributed by atoms with van der Waals surface area (Å²) < 4.78 is 39.8. The van der Waals surface area contributed by atoms with E-state index in [-0.39, 0.29) is 16.9 Å². The Hall–Kier alpha value is -3.72. The van der Waals surface area contributed by atoms with Crippen LogP contribution in [-0.2, 0) is 21.2 Å². The molecule has 0 heterocycles. The minimum absolute atomic E-state index is 0.0587. The van der Waals surface area contributed by atoms with E-state index < -0.39 is 27.7 Å². The quantitative estimate of drug-likeness (QED) is 0.575. The summed E-state index contributed by atoms with van der Waals surface area (Å²) in [5, 5.41) is 0. The second-order valence-electron chi connectivity index (χ2n) is 6.64. The number of carbonyl (C=O) groups excluding carboxylic acids is 2. The minimum Gasteiger partial charge on any atom is -0.273 e. The Bertz CT molecular complexity index is 1180. The molecule has 3 rings (SSSR count). The molecule has 7 nitrogen and oxygen atoms in total. The highest BCUT2D eigenvalue weighted by molar-refractivity contribution is 7.92. The van der Waals surface area contributed by atoms with Crippen molar-refractivity contribution in [2.24, 2.45) is 0 Å². The van der Waals surface area contributed by atoms with Gasteiger partial charge in [0.2, 0.25) is 5.91 Å². The second kappa shape index (κ2) is 9.40. The van der Waals surface area contributed by atoms with Crippen LogP contribution in [0.3, 0.4) is 0 Å². The van der Waals surface area contributed by atoms with Gasteiger partial charge in [-0.15, -0.1) is 0 Å². The number of anilines is 1. The topological polar surface area (TPSA) is 95.6 Å². The number of hydrogen-bond acceptors (Lipinski definition) is 4. The van der Waals surface area contributed by atoms with Crippen molar-refractivity contribution in [1.82, 2.24) is 10.9 Å². The normalized spacial score (nSPS) is 10.9. The van der Waals surface area contributed by atoms with Gasteiger partial charge in [0.05, 0.1) is 17.0 Å². The van der Waals surface area contributed by atoms with Crippen LogP contribution >= 0.6 is 0 Å². The van der Waals surface area contributed by atoms with E-state index in [1.165, 1.54) is 55.6 Å². The second-order valence-corrected chi connectivity index (χ2v) is 8.61. The van der Waals surface area contributed by atoms with Crippen LogP contribution in [0.15, 0.2) is 83.8 Å². The number of nitrogens with zero attached hydrogens (tertiary/aromatic N) is 1. The molecule has 31 heavy (non-hydrogen) atoms. The van der Waals surface area contributed by atoms with E-state index in [1.807, 2.05) is 0 Å². The molecule has 3 aromatic rings. The summed E-state index contributed by atoms with van der Waals surface area (Å²) in [4.78, 5) is 24.3. The van der Waals surface area contributed by atoms with E-state index in [1.54, 1.807) is 30.3 Å². The van der Waals surface area contributed by atoms with Gasteiger partial charge < -0.3 is 0 Å². The van der Waals surface area contributed by atoms with Crippen molar-refractivity contribution in [1.29, 1.82) is 0 Å². The maximum atomic E-state index is 12.9. The lowest BCUT2D eigenvalue weighted by Crippen LogP contribution is -2.42. The van der Waals surface area contributed by atoms with Crippen LogP contribution < -0.4 is 15.2 Å². The van der Waals surface area contributed by atoms with Crippen molar-refractivity contribution in [3.63, 3.8) is 0 Å². The number of halogens is 1. The van der Waals surface area contributed by atoms with Gasteiger partial charge in [-0.3, -0.25) is 24.7 Å². The van der Waals surface area contributed by atoms with Crippen LogP contribution in [0, 0.1) is 5.82 Å². The molecule has 9 heteroatoms. The maximum Gasteiger partial charge on any atom is 0.269 e. The number of rotatable bonds is 6. The number of carbonyl (C=O) groups is 2. The van der Waals surface area contributed by atoms with E-state index >= 15 is 0 Å². The van der Waals surface area contributed by atoms with Crippen LogP contribution in [0.25, 0.3) is 0 Å². The number of sulfonamides is 1. The minimum atomic E-state index is -3.89. The molecule has 0 aromatic heterocycles. The summed E-state index contributed by atoms with van der Waals surface area (Å²) in [6, 6.07) is 19.4. The first-order chi connectivity index (χ1) is 14.8. The molecule has 160 valence electrons. The van der Waals surface area contributed by atoms with E-state index in [0.717, 1.165) is 4.31 Å². The molecule has 3 aromatic carbocycles. The molecular weight excluding hydrogens is 421 g/mol. The Kier molecular flexibility index (Phi) is 6.66. The van der Waals surface area contributed by atoms with Gasteiger partial charge in [0.15, 0.2) is 0 Å². The van der Waals surface area contributed by atoms with Crippen LogP contribution in [0.1, 0.15) is 15.9 Å². The Morgan fingerprint density at radius 1 is 0.903 bits per heavy atom. The monoisotopic (exact) mass is 441 g/mol. The average Bonchev–Trinajstić information content (AvgIpc) is 2.79. The fraction of sp³-hybridized carbons (Fsp3) is 0.0909. The number of hydrazine groups is 1. The van der Waals surface area contributed by atoms with Gasteiger partial charge in [-0.2, -0.15) is 0 Å². The van der Waals surface area contributed by atoms with Gasteiger partial charge in [0.1, 0.15) is 5.82 Å². The highest BCUT2D eigenvalue weighted by Crippen LogP contribution is 2.22. The molecule has 0 aliphatic carbocycles. The predicted octanol–water partition coefficient (Wildman–Crippen LogP) is 2.65. The fourth-order valence-electron chi connectivity index (χ4n) is 2.76. The molecule has 2 N–H and O–H groups in total. The number of amides is 2. The lowest BCUT2D eigenvalue weighted by molar-refractivity contribution is -0.121. The van der Waals surface area contributed by atoms with Gasteiger partial charge in [0.25, 0.3) is 15.9 Å². The molecule has 0 unspecified atom stereocenters. The molecule has 0 aliphatic rings. The lowest BCUT2D eigenvalue weighted by atomic mass is 10.1. The first-order valence-electron chi connectivity index (χ1n) is 9.25. The summed E-state index contributed by atoms with van der Waals surface area (Å²) in [5.74, 6) is -1.59. The van der Waals surface area contributed by atoms with Crippen LogP contribution in [0.4, 0.5) is 10.1 Å². The average molecular weight is 441 g/mol. The van der Waals surface area contributed by atoms with Crippen molar-refractivity contribution in [2.75, 3.05) is 11.4 Å². The lowest BCUT2D eigenvalue weighted by Gasteiger charge is -2.19. The molecule has 0 radical (unpaired) electrons. The van der Waals surface area contributed by atoms with Crippen molar-refractivity contribution >= 4 is 27.5 Å². The molecule has 0 bridgehead atoms. The number of para-hydroxylation sites is 1. The van der Waals surface area contributed by atoms with E-state index in [4.69, 9.17) is 0 Å². The fourth-order valence-corrected chi connectivity index (χ4v) is 4.01. The van der Waals surface area contributed by atoms with Crippen LogP contribution in [0.2, 0.25) is 0 Å². The number of benzene rings is 3. The van der Waals surface area contributed by atoms with Crippen molar-refractivity contribution < 1.29 is 22.4 Å². The molecule has 2 amide bonds. The maximum absolute atomic E-state index is 12.9. The van der Waals surface area contributed by atoms with Crippen LogP contribution in [0.5, 0.6) is 0 Å². The third kappa shape index (κ3) is 5.46. The summed E-state index contributed by atoms with van der Waals surface area (Å²) in [7, 11) is -2.46. The third-order valence-corrected chi connectivity index (χ3v) is 6.25. The number of hydrogen-bond donors (Lipinski definition) is 2. The van der Waals surface area contributed by atoms with Crippen molar-refractivity contribution in [2.45, 2.75) is 11.3 Å². The van der Waals surface area contributed by atoms with Gasteiger partial charge >= 0.3 is 0 Å². The summed E-state index contributed by atoms with van der Waals surface area (Å²) in [6.07, 6.45) is -0.0587. The molecule has 0 aliphatic heterocycles. The first-order valence-corrected chi connectivity index (χ1v) is 10.7. The summed E-state index contributed by atoms with van der Waals surface area (Å²) >= 11 is 0. The molecule has 0 saturated carbocycles. The molecule has 0 atom stereocenters. The first kappa shape index (κ1) is 22.0. The van der Waals surface area contributed by atoms with E-state index in [2.05, 4.69) is 10.9 Å². The van der Waals surface area contributed by atoms with E-state index in [9.17, 15) is 22.4 Å². The third-order valence-electron chi connectivity index (χ3n) is 4.47. The molecule has 0 saturated heterocycles. The summed E-state index contributed by atoms with van der Waals surface area (Å²) in [6.45, 7) is 0.